The lowest BCUT2D eigenvalue weighted by Crippen LogP contribution is -2.34. The summed E-state index contributed by atoms with van der Waals surface area (Å²) >= 11 is 1.45. The molecule has 1 amide bonds. The molecule has 3 rings (SSSR count). The summed E-state index contributed by atoms with van der Waals surface area (Å²) in [4.78, 5) is 29.2. The van der Waals surface area contributed by atoms with E-state index in [4.69, 9.17) is 9.47 Å². The third kappa shape index (κ3) is 5.05. The van der Waals surface area contributed by atoms with Crippen molar-refractivity contribution < 1.29 is 19.2 Å². The van der Waals surface area contributed by atoms with Crippen molar-refractivity contribution in [3.05, 3.63) is 63.7 Å². The maximum Gasteiger partial charge on any atom is 0.269 e. The fourth-order valence-corrected chi connectivity index (χ4v) is 3.92. The van der Waals surface area contributed by atoms with Gasteiger partial charge in [0.15, 0.2) is 16.7 Å². The van der Waals surface area contributed by atoms with E-state index < -0.39 is 4.92 Å². The summed E-state index contributed by atoms with van der Waals surface area (Å²) < 4.78 is 10.5. The number of hydrogen-bond acceptors (Lipinski definition) is 7. The van der Waals surface area contributed by atoms with Crippen molar-refractivity contribution in [2.75, 3.05) is 27.3 Å². The Bertz CT molecular complexity index is 930. The summed E-state index contributed by atoms with van der Waals surface area (Å²) in [5.41, 5.74) is 1.82. The van der Waals surface area contributed by atoms with Gasteiger partial charge < -0.3 is 9.47 Å². The van der Waals surface area contributed by atoms with Gasteiger partial charge in [0.1, 0.15) is 0 Å². The highest BCUT2D eigenvalue weighted by Crippen LogP contribution is 2.28. The summed E-state index contributed by atoms with van der Waals surface area (Å²) in [6, 6.07) is 11.8. The Balaban J connectivity index is 1.61. The second kappa shape index (κ2) is 9.42. The number of amides is 1. The number of amidine groups is 1. The number of aliphatic imine (C=N–C) groups is 1. The molecule has 8 nitrogen and oxygen atoms in total. The Hall–Kier alpha value is -3.07. The lowest BCUT2D eigenvalue weighted by molar-refractivity contribution is -0.384. The van der Waals surface area contributed by atoms with E-state index in [1.54, 1.807) is 43.4 Å². The number of rotatable bonds is 7. The van der Waals surface area contributed by atoms with Crippen LogP contribution < -0.4 is 9.47 Å². The number of carbonyl (C=O) groups excluding carboxylic acids is 1. The van der Waals surface area contributed by atoms with E-state index >= 15 is 0 Å². The van der Waals surface area contributed by atoms with E-state index in [1.165, 1.54) is 23.9 Å². The average molecular weight is 415 g/mol. The van der Waals surface area contributed by atoms with Crippen molar-refractivity contribution in [2.45, 2.75) is 12.2 Å². The third-order valence-corrected chi connectivity index (χ3v) is 5.51. The largest absolute Gasteiger partial charge is 0.493 e. The molecule has 0 unspecified atom stereocenters. The molecule has 1 aliphatic heterocycles. The van der Waals surface area contributed by atoms with Gasteiger partial charge in [0.05, 0.1) is 32.1 Å². The van der Waals surface area contributed by atoms with Gasteiger partial charge in [-0.15, -0.1) is 0 Å². The lowest BCUT2D eigenvalue weighted by atomic mass is 10.1. The Morgan fingerprint density at radius 2 is 1.83 bits per heavy atom. The van der Waals surface area contributed by atoms with Gasteiger partial charge in [0.25, 0.3) is 5.69 Å². The number of nitro benzene ring substituents is 1. The maximum absolute atomic E-state index is 12.8. The SMILES string of the molecule is COc1ccc(CC(=O)N2CCN=C2SCc2ccc([N+](=O)[O-])cc2)cc1OC. The van der Waals surface area contributed by atoms with Crippen molar-refractivity contribution >= 4 is 28.5 Å². The van der Waals surface area contributed by atoms with Crippen molar-refractivity contribution in [3.63, 3.8) is 0 Å². The van der Waals surface area contributed by atoms with Crippen molar-refractivity contribution in [1.82, 2.24) is 4.90 Å². The second-order valence-electron chi connectivity index (χ2n) is 6.29. The minimum atomic E-state index is -0.424. The minimum absolute atomic E-state index is 0.0373. The zero-order valence-corrected chi connectivity index (χ0v) is 17.0. The van der Waals surface area contributed by atoms with E-state index in [0.717, 1.165) is 11.1 Å². The van der Waals surface area contributed by atoms with Gasteiger partial charge in [-0.2, -0.15) is 0 Å². The standard InChI is InChI=1S/C20H21N3O5S/c1-27-17-8-5-15(11-18(17)28-2)12-19(24)22-10-9-21-20(22)29-13-14-3-6-16(7-4-14)23(25)26/h3-8,11H,9-10,12-13H2,1-2H3. The van der Waals surface area contributed by atoms with Crippen LogP contribution >= 0.6 is 11.8 Å². The van der Waals surface area contributed by atoms with Gasteiger partial charge in [-0.05, 0) is 23.3 Å². The lowest BCUT2D eigenvalue weighted by Gasteiger charge is -2.18. The molecule has 1 aliphatic rings. The first-order chi connectivity index (χ1) is 14.0. The summed E-state index contributed by atoms with van der Waals surface area (Å²) in [7, 11) is 3.13. The number of ether oxygens (including phenoxy) is 2. The number of nitrogens with zero attached hydrogens (tertiary/aromatic N) is 3. The monoisotopic (exact) mass is 415 g/mol. The number of methoxy groups -OCH3 is 2. The maximum atomic E-state index is 12.8. The van der Waals surface area contributed by atoms with E-state index in [2.05, 4.69) is 4.99 Å². The summed E-state index contributed by atoms with van der Waals surface area (Å²) in [5, 5.41) is 11.4. The van der Waals surface area contributed by atoms with Crippen LogP contribution in [0.25, 0.3) is 0 Å². The van der Waals surface area contributed by atoms with Crippen LogP contribution in [0.1, 0.15) is 11.1 Å². The normalized spacial score (nSPS) is 13.2. The molecule has 2 aromatic rings. The quantitative estimate of drug-likeness (QED) is 0.509. The topological polar surface area (TPSA) is 94.3 Å². The highest BCUT2D eigenvalue weighted by molar-refractivity contribution is 8.13. The van der Waals surface area contributed by atoms with Crippen LogP contribution in [0.2, 0.25) is 0 Å². The minimum Gasteiger partial charge on any atom is -0.493 e. The Labute approximate surface area is 172 Å². The molecule has 0 N–H and O–H groups in total. The number of benzene rings is 2. The first-order valence-electron chi connectivity index (χ1n) is 8.93. The van der Waals surface area contributed by atoms with Gasteiger partial charge >= 0.3 is 0 Å². The van der Waals surface area contributed by atoms with Crippen LogP contribution in [0.4, 0.5) is 5.69 Å². The number of carbonyl (C=O) groups is 1. The van der Waals surface area contributed by atoms with E-state index in [9.17, 15) is 14.9 Å². The molecule has 29 heavy (non-hydrogen) atoms. The molecule has 0 saturated carbocycles. The smallest absolute Gasteiger partial charge is 0.269 e. The van der Waals surface area contributed by atoms with Gasteiger partial charge in [-0.1, -0.05) is 30.0 Å². The fraction of sp³-hybridized carbons (Fsp3) is 0.300. The molecule has 0 atom stereocenters. The molecular formula is C20H21N3O5S. The number of hydrogen-bond donors (Lipinski definition) is 0. The van der Waals surface area contributed by atoms with E-state index in [1.807, 2.05) is 6.07 Å². The van der Waals surface area contributed by atoms with Crippen LogP contribution in [0.3, 0.4) is 0 Å². The molecule has 0 saturated heterocycles. The number of thioether (sulfide) groups is 1. The van der Waals surface area contributed by atoms with Crippen LogP contribution in [0.15, 0.2) is 47.5 Å². The Morgan fingerprint density at radius 1 is 1.14 bits per heavy atom. The van der Waals surface area contributed by atoms with Crippen LogP contribution in [0, 0.1) is 10.1 Å². The van der Waals surface area contributed by atoms with Crippen LogP contribution in [0.5, 0.6) is 11.5 Å². The molecule has 0 bridgehead atoms. The number of nitro groups is 1. The van der Waals surface area contributed by atoms with Crippen LogP contribution in [-0.4, -0.2) is 48.2 Å². The predicted molar refractivity (Wildman–Crippen MR) is 112 cm³/mol. The van der Waals surface area contributed by atoms with Gasteiger partial charge in [0, 0.05) is 24.4 Å². The van der Waals surface area contributed by atoms with Gasteiger partial charge in [-0.3, -0.25) is 24.8 Å². The first kappa shape index (κ1) is 20.7. The molecule has 9 heteroatoms. The number of non-ortho nitro benzene ring substituents is 1. The highest BCUT2D eigenvalue weighted by Gasteiger charge is 2.24. The van der Waals surface area contributed by atoms with Gasteiger partial charge in [0.2, 0.25) is 5.91 Å². The molecule has 152 valence electrons. The van der Waals surface area contributed by atoms with Crippen LogP contribution in [-0.2, 0) is 17.0 Å². The van der Waals surface area contributed by atoms with Crippen molar-refractivity contribution in [2.24, 2.45) is 4.99 Å². The zero-order chi connectivity index (χ0) is 20.8. The molecule has 0 aromatic heterocycles. The zero-order valence-electron chi connectivity index (χ0n) is 16.2. The summed E-state index contributed by atoms with van der Waals surface area (Å²) in [6.07, 6.45) is 0.234. The first-order valence-corrected chi connectivity index (χ1v) is 9.92. The Morgan fingerprint density at radius 3 is 2.48 bits per heavy atom. The molecule has 0 fully saturated rings. The van der Waals surface area contributed by atoms with Crippen molar-refractivity contribution in [3.8, 4) is 11.5 Å². The second-order valence-corrected chi connectivity index (χ2v) is 7.23. The molecule has 1 heterocycles. The summed E-state index contributed by atoms with van der Waals surface area (Å²) in [6.45, 7) is 1.12. The molecule has 0 spiro atoms. The van der Waals surface area contributed by atoms with E-state index in [-0.39, 0.29) is 18.0 Å². The van der Waals surface area contributed by atoms with Gasteiger partial charge in [-0.25, -0.2) is 0 Å². The van der Waals surface area contributed by atoms with Crippen molar-refractivity contribution in [1.29, 1.82) is 0 Å². The van der Waals surface area contributed by atoms with E-state index in [0.29, 0.717) is 35.5 Å². The predicted octanol–water partition coefficient (Wildman–Crippen LogP) is 3.29. The molecule has 0 radical (unpaired) electrons. The Kier molecular flexibility index (Phi) is 6.71. The summed E-state index contributed by atoms with van der Waals surface area (Å²) in [5.74, 6) is 1.74. The highest BCUT2D eigenvalue weighted by atomic mass is 32.2. The molecule has 2 aromatic carbocycles. The average Bonchev–Trinajstić information content (AvgIpc) is 3.21. The fourth-order valence-electron chi connectivity index (χ4n) is 2.90. The third-order valence-electron chi connectivity index (χ3n) is 4.42. The molecule has 0 aliphatic carbocycles. The molecular weight excluding hydrogens is 394 g/mol.